The summed E-state index contributed by atoms with van der Waals surface area (Å²) in [5.74, 6) is -0.102. The van der Waals surface area contributed by atoms with Crippen molar-refractivity contribution >= 4 is 28.6 Å². The van der Waals surface area contributed by atoms with Crippen molar-refractivity contribution in [3.8, 4) is 0 Å². The Bertz CT molecular complexity index is 560. The fraction of sp³-hybridized carbons (Fsp3) is 0.154. The number of hydrogen-bond donors (Lipinski definition) is 2. The molecule has 0 aliphatic rings. The van der Waals surface area contributed by atoms with Gasteiger partial charge in [-0.3, -0.25) is 4.79 Å². The summed E-state index contributed by atoms with van der Waals surface area (Å²) in [7, 11) is 0. The Morgan fingerprint density at radius 1 is 1.29 bits per heavy atom. The number of hydrogen-bond acceptors (Lipinski definition) is 3. The van der Waals surface area contributed by atoms with Crippen molar-refractivity contribution in [3.05, 3.63) is 45.6 Å². The highest BCUT2D eigenvalue weighted by Gasteiger charge is 2.11. The number of carbonyl (C=O) groups excluding carboxylic acids is 1. The standard InChI is InChI=1S/C13H14N2OS/c1-8-3-4-10(14)11(7-8)15-13(16)12-9(2)5-6-17-12/h3-7H,14H2,1-2H3,(H,15,16). The van der Waals surface area contributed by atoms with E-state index in [4.69, 9.17) is 5.73 Å². The lowest BCUT2D eigenvalue weighted by Gasteiger charge is -2.08. The van der Waals surface area contributed by atoms with E-state index in [0.29, 0.717) is 11.4 Å². The zero-order valence-electron chi connectivity index (χ0n) is 9.78. The van der Waals surface area contributed by atoms with E-state index in [2.05, 4.69) is 5.32 Å². The lowest BCUT2D eigenvalue weighted by molar-refractivity contribution is 0.103. The van der Waals surface area contributed by atoms with Gasteiger partial charge in [0.2, 0.25) is 0 Å². The molecule has 1 heterocycles. The van der Waals surface area contributed by atoms with Gasteiger partial charge in [-0.05, 0) is 48.6 Å². The molecule has 1 aromatic carbocycles. The number of anilines is 2. The van der Waals surface area contributed by atoms with Crippen molar-refractivity contribution in [2.24, 2.45) is 0 Å². The molecule has 88 valence electrons. The van der Waals surface area contributed by atoms with Gasteiger partial charge in [0.25, 0.3) is 5.91 Å². The van der Waals surface area contributed by atoms with Crippen molar-refractivity contribution in [3.63, 3.8) is 0 Å². The SMILES string of the molecule is Cc1ccc(N)c(NC(=O)c2sccc2C)c1. The normalized spacial score (nSPS) is 10.2. The van der Waals surface area contributed by atoms with Gasteiger partial charge in [-0.2, -0.15) is 0 Å². The first-order valence-electron chi connectivity index (χ1n) is 5.29. The quantitative estimate of drug-likeness (QED) is 0.799. The van der Waals surface area contributed by atoms with Crippen LogP contribution in [0.25, 0.3) is 0 Å². The van der Waals surface area contributed by atoms with E-state index in [1.165, 1.54) is 11.3 Å². The molecule has 3 N–H and O–H groups in total. The van der Waals surface area contributed by atoms with Gasteiger partial charge < -0.3 is 11.1 Å². The highest BCUT2D eigenvalue weighted by atomic mass is 32.1. The van der Waals surface area contributed by atoms with Crippen molar-refractivity contribution in [2.75, 3.05) is 11.1 Å². The summed E-state index contributed by atoms with van der Waals surface area (Å²) < 4.78 is 0. The van der Waals surface area contributed by atoms with Crippen molar-refractivity contribution in [2.45, 2.75) is 13.8 Å². The minimum Gasteiger partial charge on any atom is -0.397 e. The second-order valence-corrected chi connectivity index (χ2v) is 4.89. The van der Waals surface area contributed by atoms with E-state index in [0.717, 1.165) is 16.0 Å². The number of thiophene rings is 1. The van der Waals surface area contributed by atoms with Crippen LogP contribution in [0.5, 0.6) is 0 Å². The first kappa shape index (κ1) is 11.7. The summed E-state index contributed by atoms with van der Waals surface area (Å²) >= 11 is 1.43. The van der Waals surface area contributed by atoms with E-state index in [1.807, 2.05) is 37.4 Å². The van der Waals surface area contributed by atoms with Crippen LogP contribution < -0.4 is 11.1 Å². The van der Waals surface area contributed by atoms with Gasteiger partial charge in [-0.15, -0.1) is 11.3 Å². The molecule has 0 unspecified atom stereocenters. The molecule has 0 fully saturated rings. The number of aryl methyl sites for hydroxylation is 2. The number of benzene rings is 1. The van der Waals surface area contributed by atoms with Crippen LogP contribution in [0.3, 0.4) is 0 Å². The van der Waals surface area contributed by atoms with E-state index in [9.17, 15) is 4.79 Å². The van der Waals surface area contributed by atoms with Crippen LogP contribution in [-0.2, 0) is 0 Å². The lowest BCUT2D eigenvalue weighted by Crippen LogP contribution is -2.12. The van der Waals surface area contributed by atoms with Crippen molar-refractivity contribution in [1.82, 2.24) is 0 Å². The van der Waals surface area contributed by atoms with Gasteiger partial charge in [0.05, 0.1) is 16.3 Å². The maximum absolute atomic E-state index is 12.0. The third kappa shape index (κ3) is 2.47. The zero-order valence-corrected chi connectivity index (χ0v) is 10.6. The lowest BCUT2D eigenvalue weighted by atomic mass is 10.2. The second-order valence-electron chi connectivity index (χ2n) is 3.98. The summed E-state index contributed by atoms with van der Waals surface area (Å²) in [5, 5.41) is 4.75. The number of nitrogens with one attached hydrogen (secondary N) is 1. The molecule has 1 amide bonds. The molecule has 0 bridgehead atoms. The maximum Gasteiger partial charge on any atom is 0.266 e. The number of rotatable bonds is 2. The minimum atomic E-state index is -0.102. The molecule has 2 aromatic rings. The summed E-state index contributed by atoms with van der Waals surface area (Å²) in [6.07, 6.45) is 0. The van der Waals surface area contributed by atoms with E-state index in [1.54, 1.807) is 6.07 Å². The summed E-state index contributed by atoms with van der Waals surface area (Å²) in [6, 6.07) is 7.52. The Balaban J connectivity index is 2.24. The molecule has 3 nitrogen and oxygen atoms in total. The summed E-state index contributed by atoms with van der Waals surface area (Å²) in [6.45, 7) is 3.89. The fourth-order valence-electron chi connectivity index (χ4n) is 1.56. The smallest absolute Gasteiger partial charge is 0.266 e. The Labute approximate surface area is 104 Å². The van der Waals surface area contributed by atoms with Gasteiger partial charge in [-0.25, -0.2) is 0 Å². The first-order valence-corrected chi connectivity index (χ1v) is 6.17. The Morgan fingerprint density at radius 3 is 2.71 bits per heavy atom. The molecular formula is C13H14N2OS. The van der Waals surface area contributed by atoms with Gasteiger partial charge in [0.15, 0.2) is 0 Å². The molecule has 0 spiro atoms. The minimum absolute atomic E-state index is 0.102. The maximum atomic E-state index is 12.0. The molecule has 4 heteroatoms. The molecule has 1 aromatic heterocycles. The topological polar surface area (TPSA) is 55.1 Å². The molecule has 0 radical (unpaired) electrons. The number of nitrogen functional groups attached to an aromatic ring is 1. The largest absolute Gasteiger partial charge is 0.397 e. The number of carbonyl (C=O) groups is 1. The highest BCUT2D eigenvalue weighted by Crippen LogP contribution is 2.22. The molecule has 0 aliphatic carbocycles. The molecule has 17 heavy (non-hydrogen) atoms. The predicted octanol–water partition coefficient (Wildman–Crippen LogP) is 3.20. The number of nitrogens with two attached hydrogens (primary N) is 1. The zero-order chi connectivity index (χ0) is 12.4. The average molecular weight is 246 g/mol. The Kier molecular flexibility index (Phi) is 3.15. The van der Waals surface area contributed by atoms with Crippen molar-refractivity contribution < 1.29 is 4.79 Å². The van der Waals surface area contributed by atoms with E-state index < -0.39 is 0 Å². The van der Waals surface area contributed by atoms with Gasteiger partial charge in [0.1, 0.15) is 0 Å². The van der Waals surface area contributed by atoms with Crippen LogP contribution in [0.1, 0.15) is 20.8 Å². The summed E-state index contributed by atoms with van der Waals surface area (Å²) in [4.78, 5) is 12.7. The molecule has 2 rings (SSSR count). The predicted molar refractivity (Wildman–Crippen MR) is 72.6 cm³/mol. The number of amides is 1. The van der Waals surface area contributed by atoms with Crippen LogP contribution in [-0.4, -0.2) is 5.91 Å². The molecule has 0 aliphatic heterocycles. The Morgan fingerprint density at radius 2 is 2.06 bits per heavy atom. The van der Waals surface area contributed by atoms with E-state index >= 15 is 0 Å². The van der Waals surface area contributed by atoms with Crippen molar-refractivity contribution in [1.29, 1.82) is 0 Å². The molecule has 0 saturated heterocycles. The first-order chi connectivity index (χ1) is 8.08. The van der Waals surface area contributed by atoms with Crippen LogP contribution >= 0.6 is 11.3 Å². The third-order valence-electron chi connectivity index (χ3n) is 2.53. The van der Waals surface area contributed by atoms with Crippen LogP contribution in [0.2, 0.25) is 0 Å². The molecule has 0 atom stereocenters. The Hall–Kier alpha value is -1.81. The van der Waals surface area contributed by atoms with Gasteiger partial charge >= 0.3 is 0 Å². The van der Waals surface area contributed by atoms with Crippen LogP contribution in [0, 0.1) is 13.8 Å². The van der Waals surface area contributed by atoms with Gasteiger partial charge in [-0.1, -0.05) is 6.07 Å². The molecule has 0 saturated carbocycles. The van der Waals surface area contributed by atoms with Crippen LogP contribution in [0.4, 0.5) is 11.4 Å². The monoisotopic (exact) mass is 246 g/mol. The third-order valence-corrected chi connectivity index (χ3v) is 3.54. The van der Waals surface area contributed by atoms with Gasteiger partial charge in [0, 0.05) is 0 Å². The van der Waals surface area contributed by atoms with Crippen LogP contribution in [0.15, 0.2) is 29.6 Å². The average Bonchev–Trinajstić information content (AvgIpc) is 2.70. The highest BCUT2D eigenvalue weighted by molar-refractivity contribution is 7.12. The summed E-state index contributed by atoms with van der Waals surface area (Å²) in [5.41, 5.74) is 9.12. The van der Waals surface area contributed by atoms with E-state index in [-0.39, 0.29) is 5.91 Å². The fourth-order valence-corrected chi connectivity index (χ4v) is 2.38. The second kappa shape index (κ2) is 4.59. The molecular weight excluding hydrogens is 232 g/mol.